The summed E-state index contributed by atoms with van der Waals surface area (Å²) in [5, 5.41) is 2.32. The fraction of sp³-hybridized carbons (Fsp3) is 0.100. The number of benzene rings is 1. The molecule has 0 spiro atoms. The number of nitrogens with two attached hydrogens (primary N) is 1. The normalized spacial score (nSPS) is 10.3. The number of methoxy groups -OCH3 is 1. The molecule has 0 fully saturated rings. The Kier molecular flexibility index (Phi) is 2.55. The Morgan fingerprint density at radius 2 is 2.27 bits per heavy atom. The Balaban J connectivity index is 2.45. The van der Waals surface area contributed by atoms with Gasteiger partial charge in [0, 0.05) is 10.9 Å². The first-order valence-corrected chi connectivity index (χ1v) is 5.13. The molecule has 15 heavy (non-hydrogen) atoms. The minimum Gasteiger partial charge on any atom is -0.494 e. The molecule has 0 saturated carbocycles. The van der Waals surface area contributed by atoms with E-state index in [1.807, 2.05) is 5.38 Å². The molecule has 0 bridgehead atoms. The molecule has 0 unspecified atom stereocenters. The molecule has 1 heterocycles. The lowest BCUT2D eigenvalue weighted by Crippen LogP contribution is -1.89. The van der Waals surface area contributed by atoms with Crippen LogP contribution in [0.15, 0.2) is 23.6 Å². The number of nitrogens with zero attached hydrogens (tertiary/aromatic N) is 1. The lowest BCUT2D eigenvalue weighted by atomic mass is 10.1. The average molecular weight is 224 g/mol. The number of anilines is 1. The Morgan fingerprint density at radius 1 is 1.47 bits per heavy atom. The predicted molar refractivity (Wildman–Crippen MR) is 58.5 cm³/mol. The molecular weight excluding hydrogens is 215 g/mol. The molecule has 1 aromatic carbocycles. The van der Waals surface area contributed by atoms with Crippen molar-refractivity contribution in [3.05, 3.63) is 29.4 Å². The zero-order valence-corrected chi connectivity index (χ0v) is 8.84. The highest BCUT2D eigenvalue weighted by atomic mass is 32.1. The molecule has 0 atom stereocenters. The van der Waals surface area contributed by atoms with Gasteiger partial charge in [0.2, 0.25) is 0 Å². The molecule has 0 saturated heterocycles. The first-order chi connectivity index (χ1) is 7.20. The Bertz CT molecular complexity index is 484. The Labute approximate surface area is 90.3 Å². The zero-order valence-electron chi connectivity index (χ0n) is 8.03. The SMILES string of the molecule is COc1cc(-c2csc(N)n2)ccc1F. The monoisotopic (exact) mass is 224 g/mol. The summed E-state index contributed by atoms with van der Waals surface area (Å²) in [5.74, 6) is -0.177. The highest BCUT2D eigenvalue weighted by Gasteiger charge is 2.07. The third-order valence-electron chi connectivity index (χ3n) is 1.97. The van der Waals surface area contributed by atoms with E-state index in [1.165, 1.54) is 24.5 Å². The highest BCUT2D eigenvalue weighted by Crippen LogP contribution is 2.27. The van der Waals surface area contributed by atoms with Gasteiger partial charge in [-0.3, -0.25) is 0 Å². The van der Waals surface area contributed by atoms with Crippen LogP contribution in [0, 0.1) is 5.82 Å². The van der Waals surface area contributed by atoms with Crippen LogP contribution in [0.25, 0.3) is 11.3 Å². The van der Waals surface area contributed by atoms with Crippen molar-refractivity contribution in [2.24, 2.45) is 0 Å². The van der Waals surface area contributed by atoms with E-state index in [4.69, 9.17) is 10.5 Å². The lowest BCUT2D eigenvalue weighted by Gasteiger charge is -2.03. The smallest absolute Gasteiger partial charge is 0.180 e. The summed E-state index contributed by atoms with van der Waals surface area (Å²) in [4.78, 5) is 4.10. The van der Waals surface area contributed by atoms with Crippen LogP contribution in [0.2, 0.25) is 0 Å². The number of hydrogen-bond acceptors (Lipinski definition) is 4. The first-order valence-electron chi connectivity index (χ1n) is 4.25. The van der Waals surface area contributed by atoms with Crippen LogP contribution >= 0.6 is 11.3 Å². The molecule has 5 heteroatoms. The molecule has 3 nitrogen and oxygen atoms in total. The number of nitrogen functional groups attached to an aromatic ring is 1. The number of halogens is 1. The van der Waals surface area contributed by atoms with Crippen molar-refractivity contribution < 1.29 is 9.13 Å². The minimum atomic E-state index is -0.385. The quantitative estimate of drug-likeness (QED) is 0.852. The first kappa shape index (κ1) is 9.92. The molecule has 0 amide bonds. The van der Waals surface area contributed by atoms with E-state index < -0.39 is 0 Å². The molecule has 0 aliphatic carbocycles. The lowest BCUT2D eigenvalue weighted by molar-refractivity contribution is 0.387. The van der Waals surface area contributed by atoms with Crippen LogP contribution in [0.1, 0.15) is 0 Å². The summed E-state index contributed by atoms with van der Waals surface area (Å²) in [6.07, 6.45) is 0. The highest BCUT2D eigenvalue weighted by molar-refractivity contribution is 7.13. The maximum Gasteiger partial charge on any atom is 0.180 e. The van der Waals surface area contributed by atoms with Crippen molar-refractivity contribution in [1.29, 1.82) is 0 Å². The van der Waals surface area contributed by atoms with E-state index in [9.17, 15) is 4.39 Å². The second-order valence-corrected chi connectivity index (χ2v) is 3.81. The number of rotatable bonds is 2. The topological polar surface area (TPSA) is 48.1 Å². The van der Waals surface area contributed by atoms with Crippen molar-refractivity contribution in [3.63, 3.8) is 0 Å². The average Bonchev–Trinajstić information content (AvgIpc) is 2.66. The zero-order chi connectivity index (χ0) is 10.8. The summed E-state index contributed by atoms with van der Waals surface area (Å²) in [6, 6.07) is 4.60. The van der Waals surface area contributed by atoms with Gasteiger partial charge < -0.3 is 10.5 Å². The van der Waals surface area contributed by atoms with Crippen LogP contribution in [-0.2, 0) is 0 Å². The van der Waals surface area contributed by atoms with Crippen molar-refractivity contribution in [2.45, 2.75) is 0 Å². The van der Waals surface area contributed by atoms with Crippen molar-refractivity contribution in [2.75, 3.05) is 12.8 Å². The van der Waals surface area contributed by atoms with Gasteiger partial charge in [0.25, 0.3) is 0 Å². The van der Waals surface area contributed by atoms with E-state index in [0.717, 1.165) is 11.3 Å². The van der Waals surface area contributed by atoms with Crippen molar-refractivity contribution in [1.82, 2.24) is 4.98 Å². The van der Waals surface area contributed by atoms with E-state index in [0.29, 0.717) is 5.13 Å². The van der Waals surface area contributed by atoms with Gasteiger partial charge in [0.05, 0.1) is 12.8 Å². The van der Waals surface area contributed by atoms with E-state index in [-0.39, 0.29) is 11.6 Å². The summed E-state index contributed by atoms with van der Waals surface area (Å²) in [6.45, 7) is 0. The standard InChI is InChI=1S/C10H9FN2OS/c1-14-9-4-6(2-3-7(9)11)8-5-15-10(12)13-8/h2-5H,1H3,(H2,12,13). The van der Waals surface area contributed by atoms with Gasteiger partial charge in [0.15, 0.2) is 16.7 Å². The second-order valence-electron chi connectivity index (χ2n) is 2.92. The van der Waals surface area contributed by atoms with Crippen LogP contribution < -0.4 is 10.5 Å². The maximum absolute atomic E-state index is 13.1. The summed E-state index contributed by atoms with van der Waals surface area (Å²) in [7, 11) is 1.43. The Hall–Kier alpha value is -1.62. The van der Waals surface area contributed by atoms with Crippen molar-refractivity contribution >= 4 is 16.5 Å². The van der Waals surface area contributed by atoms with E-state index in [1.54, 1.807) is 12.1 Å². The number of aromatic nitrogens is 1. The van der Waals surface area contributed by atoms with Gasteiger partial charge >= 0.3 is 0 Å². The molecule has 2 N–H and O–H groups in total. The van der Waals surface area contributed by atoms with Crippen LogP contribution in [-0.4, -0.2) is 12.1 Å². The second kappa shape index (κ2) is 3.86. The van der Waals surface area contributed by atoms with Gasteiger partial charge in [-0.1, -0.05) is 0 Å². The van der Waals surface area contributed by atoms with Gasteiger partial charge in [-0.25, -0.2) is 9.37 Å². The number of hydrogen-bond donors (Lipinski definition) is 1. The summed E-state index contributed by atoms with van der Waals surface area (Å²) < 4.78 is 18.0. The van der Waals surface area contributed by atoms with Gasteiger partial charge in [0.1, 0.15) is 0 Å². The maximum atomic E-state index is 13.1. The van der Waals surface area contributed by atoms with Gasteiger partial charge in [-0.2, -0.15) is 0 Å². The third kappa shape index (κ3) is 1.92. The molecule has 0 radical (unpaired) electrons. The minimum absolute atomic E-state index is 0.207. The molecule has 1 aromatic heterocycles. The van der Waals surface area contributed by atoms with Crippen molar-refractivity contribution in [3.8, 4) is 17.0 Å². The van der Waals surface area contributed by atoms with Crippen LogP contribution in [0.5, 0.6) is 5.75 Å². The number of thiazole rings is 1. The van der Waals surface area contributed by atoms with E-state index >= 15 is 0 Å². The molecule has 78 valence electrons. The molecule has 2 aromatic rings. The van der Waals surface area contributed by atoms with Crippen LogP contribution in [0.3, 0.4) is 0 Å². The molecular formula is C10H9FN2OS. The van der Waals surface area contributed by atoms with E-state index in [2.05, 4.69) is 4.98 Å². The fourth-order valence-electron chi connectivity index (χ4n) is 1.24. The molecule has 2 rings (SSSR count). The summed E-state index contributed by atoms with van der Waals surface area (Å²) in [5.41, 5.74) is 7.04. The fourth-order valence-corrected chi connectivity index (χ4v) is 1.81. The third-order valence-corrected chi connectivity index (χ3v) is 2.64. The van der Waals surface area contributed by atoms with Gasteiger partial charge in [-0.15, -0.1) is 11.3 Å². The van der Waals surface area contributed by atoms with Gasteiger partial charge in [-0.05, 0) is 18.2 Å². The largest absolute Gasteiger partial charge is 0.494 e. The molecule has 0 aliphatic rings. The molecule has 0 aliphatic heterocycles. The predicted octanol–water partition coefficient (Wildman–Crippen LogP) is 2.54. The van der Waals surface area contributed by atoms with Crippen LogP contribution in [0.4, 0.5) is 9.52 Å². The number of ether oxygens (including phenoxy) is 1. The Morgan fingerprint density at radius 3 is 2.87 bits per heavy atom. The summed E-state index contributed by atoms with van der Waals surface area (Å²) >= 11 is 1.35.